The zero-order valence-electron chi connectivity index (χ0n) is 15.4. The highest BCUT2D eigenvalue weighted by Crippen LogP contribution is 2.31. The molecule has 1 fully saturated rings. The first-order valence-electron chi connectivity index (χ1n) is 8.49. The Hall–Kier alpha value is -1.62. The van der Waals surface area contributed by atoms with Gasteiger partial charge in [-0.25, -0.2) is 0 Å². The predicted molar refractivity (Wildman–Crippen MR) is 89.4 cm³/mol. The first-order chi connectivity index (χ1) is 11.9. The van der Waals surface area contributed by atoms with Crippen molar-refractivity contribution in [1.82, 2.24) is 0 Å². The highest BCUT2D eigenvalue weighted by molar-refractivity contribution is 5.67. The monoisotopic (exact) mass is 356 g/mol. The topological polar surface area (TPSA) is 80.3 Å². The molecule has 7 nitrogen and oxygen atoms in total. The van der Waals surface area contributed by atoms with Crippen LogP contribution in [0.2, 0.25) is 0 Å². The van der Waals surface area contributed by atoms with E-state index in [1.165, 1.54) is 13.8 Å². The molecule has 2 unspecified atom stereocenters. The van der Waals surface area contributed by atoms with Crippen molar-refractivity contribution in [3.8, 4) is 12.3 Å². The van der Waals surface area contributed by atoms with Gasteiger partial charge in [0.15, 0.2) is 12.4 Å². The number of rotatable bonds is 9. The molecule has 1 aliphatic rings. The molecule has 0 N–H and O–H groups in total. The van der Waals surface area contributed by atoms with Gasteiger partial charge in [-0.15, -0.1) is 6.42 Å². The molecule has 0 spiro atoms. The summed E-state index contributed by atoms with van der Waals surface area (Å²) in [5.74, 6) is 1.35. The molecule has 0 aromatic heterocycles. The van der Waals surface area contributed by atoms with Crippen LogP contribution in [-0.4, -0.2) is 56.4 Å². The molecule has 1 rings (SSSR count). The molecule has 0 saturated carbocycles. The lowest BCUT2D eigenvalue weighted by Gasteiger charge is -2.43. The lowest BCUT2D eigenvalue weighted by Crippen LogP contribution is -2.56. The summed E-state index contributed by atoms with van der Waals surface area (Å²) in [6.45, 7) is 7.62. The number of hydrogen-bond acceptors (Lipinski definition) is 7. The maximum atomic E-state index is 11.4. The molecule has 25 heavy (non-hydrogen) atoms. The van der Waals surface area contributed by atoms with E-state index < -0.39 is 30.4 Å². The molecule has 0 amide bonds. The van der Waals surface area contributed by atoms with Crippen LogP contribution in [0.25, 0.3) is 0 Å². The Morgan fingerprint density at radius 1 is 1.04 bits per heavy atom. The van der Waals surface area contributed by atoms with Gasteiger partial charge < -0.3 is 23.7 Å². The molecule has 1 saturated heterocycles. The first kappa shape index (κ1) is 21.4. The third-order valence-electron chi connectivity index (χ3n) is 3.95. The molecule has 0 aromatic rings. The summed E-state index contributed by atoms with van der Waals surface area (Å²) in [5, 5.41) is 0. The van der Waals surface area contributed by atoms with Crippen LogP contribution >= 0.6 is 0 Å². The summed E-state index contributed by atoms with van der Waals surface area (Å²) in [4.78, 5) is 22.9. The minimum absolute atomic E-state index is 0.134. The fraction of sp³-hybridized carbons (Fsp3) is 0.778. The number of carbonyl (C=O) groups excluding carboxylic acids is 2. The Balaban J connectivity index is 2.62. The van der Waals surface area contributed by atoms with Crippen LogP contribution in [0.4, 0.5) is 0 Å². The Kier molecular flexibility index (Phi) is 9.50. The highest BCUT2D eigenvalue weighted by Gasteiger charge is 2.46. The Labute approximate surface area is 149 Å². The number of esters is 2. The predicted octanol–water partition coefficient (Wildman–Crippen LogP) is 1.68. The van der Waals surface area contributed by atoms with Crippen molar-refractivity contribution < 1.29 is 33.3 Å². The smallest absolute Gasteiger partial charge is 0.303 e. The molecule has 0 aromatic carbocycles. The van der Waals surface area contributed by atoms with E-state index in [1.807, 2.05) is 13.8 Å². The van der Waals surface area contributed by atoms with Crippen LogP contribution < -0.4 is 0 Å². The van der Waals surface area contributed by atoms with Crippen molar-refractivity contribution in [3.63, 3.8) is 0 Å². The van der Waals surface area contributed by atoms with Crippen molar-refractivity contribution in [1.29, 1.82) is 0 Å². The van der Waals surface area contributed by atoms with E-state index in [0.29, 0.717) is 19.8 Å². The number of unbranched alkanes of at least 4 members (excludes halogenated alkanes) is 1. The fourth-order valence-corrected chi connectivity index (χ4v) is 2.59. The summed E-state index contributed by atoms with van der Waals surface area (Å²) in [6.07, 6.45) is 4.21. The minimum Gasteiger partial charge on any atom is -0.458 e. The minimum atomic E-state index is -0.801. The summed E-state index contributed by atoms with van der Waals surface area (Å²) >= 11 is 0. The molecule has 1 aliphatic heterocycles. The molecular formula is C18H28O7. The summed E-state index contributed by atoms with van der Waals surface area (Å²) < 4.78 is 27.5. The van der Waals surface area contributed by atoms with E-state index in [1.54, 1.807) is 0 Å². The van der Waals surface area contributed by atoms with E-state index in [9.17, 15) is 9.59 Å². The van der Waals surface area contributed by atoms with Gasteiger partial charge in [-0.05, 0) is 19.8 Å². The molecule has 0 radical (unpaired) electrons. The Morgan fingerprint density at radius 3 is 2.24 bits per heavy atom. The van der Waals surface area contributed by atoms with E-state index in [4.69, 9.17) is 30.1 Å². The van der Waals surface area contributed by atoms with Crippen LogP contribution in [0.3, 0.4) is 0 Å². The Bertz CT molecular complexity index is 471. The average molecular weight is 356 g/mol. The SMILES string of the molecule is C#CCOCCCCO[C@@H]1OC(C)[C@@H](C)[C@H](OC(C)=O)C1OC(C)=O. The maximum Gasteiger partial charge on any atom is 0.303 e. The van der Waals surface area contributed by atoms with Crippen LogP contribution in [0.1, 0.15) is 40.5 Å². The summed E-state index contributed by atoms with van der Waals surface area (Å²) in [6, 6.07) is 0. The highest BCUT2D eigenvalue weighted by atomic mass is 16.7. The number of carbonyl (C=O) groups is 2. The number of terminal acetylenes is 1. The van der Waals surface area contributed by atoms with E-state index >= 15 is 0 Å². The van der Waals surface area contributed by atoms with Gasteiger partial charge in [-0.2, -0.15) is 0 Å². The fourth-order valence-electron chi connectivity index (χ4n) is 2.59. The quantitative estimate of drug-likeness (QED) is 0.353. The number of hydrogen-bond donors (Lipinski definition) is 0. The van der Waals surface area contributed by atoms with Crippen LogP contribution in [-0.2, 0) is 33.3 Å². The number of ether oxygens (including phenoxy) is 5. The summed E-state index contributed by atoms with van der Waals surface area (Å²) in [7, 11) is 0. The third-order valence-corrected chi connectivity index (χ3v) is 3.95. The van der Waals surface area contributed by atoms with Crippen molar-refractivity contribution >= 4 is 11.9 Å². The maximum absolute atomic E-state index is 11.4. The third kappa shape index (κ3) is 7.43. The molecular weight excluding hydrogens is 328 g/mol. The largest absolute Gasteiger partial charge is 0.458 e. The van der Waals surface area contributed by atoms with Crippen molar-refractivity contribution in [2.45, 2.75) is 65.1 Å². The van der Waals surface area contributed by atoms with Gasteiger partial charge in [0.1, 0.15) is 12.7 Å². The Morgan fingerprint density at radius 2 is 1.64 bits per heavy atom. The zero-order chi connectivity index (χ0) is 18.8. The van der Waals surface area contributed by atoms with E-state index in [-0.39, 0.29) is 12.0 Å². The van der Waals surface area contributed by atoms with Gasteiger partial charge in [-0.1, -0.05) is 12.8 Å². The van der Waals surface area contributed by atoms with Crippen molar-refractivity contribution in [3.05, 3.63) is 0 Å². The normalized spacial score (nSPS) is 28.8. The van der Waals surface area contributed by atoms with Gasteiger partial charge in [-0.3, -0.25) is 9.59 Å². The van der Waals surface area contributed by atoms with Gasteiger partial charge in [0, 0.05) is 33.0 Å². The van der Waals surface area contributed by atoms with E-state index in [0.717, 1.165) is 12.8 Å². The lowest BCUT2D eigenvalue weighted by atomic mass is 9.91. The molecule has 5 atom stereocenters. The zero-order valence-corrected chi connectivity index (χ0v) is 15.4. The van der Waals surface area contributed by atoms with Gasteiger partial charge in [0.25, 0.3) is 0 Å². The molecule has 142 valence electrons. The molecule has 1 heterocycles. The lowest BCUT2D eigenvalue weighted by molar-refractivity contribution is -0.287. The van der Waals surface area contributed by atoms with Crippen molar-refractivity contribution in [2.24, 2.45) is 5.92 Å². The summed E-state index contributed by atoms with van der Waals surface area (Å²) in [5.41, 5.74) is 0. The second-order valence-corrected chi connectivity index (χ2v) is 6.05. The van der Waals surface area contributed by atoms with Crippen LogP contribution in [0.15, 0.2) is 0 Å². The van der Waals surface area contributed by atoms with Gasteiger partial charge >= 0.3 is 11.9 Å². The second kappa shape index (κ2) is 11.1. The molecule has 0 bridgehead atoms. The van der Waals surface area contributed by atoms with Crippen molar-refractivity contribution in [2.75, 3.05) is 19.8 Å². The van der Waals surface area contributed by atoms with Gasteiger partial charge in [0.05, 0.1) is 6.10 Å². The van der Waals surface area contributed by atoms with Gasteiger partial charge in [0.2, 0.25) is 0 Å². The average Bonchev–Trinajstić information content (AvgIpc) is 2.53. The van der Waals surface area contributed by atoms with E-state index in [2.05, 4.69) is 5.92 Å². The first-order valence-corrected chi connectivity index (χ1v) is 8.49. The standard InChI is InChI=1S/C18H28O7/c1-6-9-21-10-7-8-11-22-18-17(25-15(5)20)16(24-14(4)19)12(2)13(3)23-18/h1,12-13,16-18H,7-11H2,2-5H3/t12-,13?,16+,17?,18-/m1/s1. The van der Waals surface area contributed by atoms with Crippen LogP contribution in [0.5, 0.6) is 0 Å². The molecule has 0 aliphatic carbocycles. The molecule has 7 heteroatoms. The second-order valence-electron chi connectivity index (χ2n) is 6.05. The van der Waals surface area contributed by atoms with Crippen LogP contribution in [0, 0.1) is 18.3 Å².